The van der Waals surface area contributed by atoms with Crippen LogP contribution in [0.5, 0.6) is 0 Å². The van der Waals surface area contributed by atoms with Gasteiger partial charge in [0.05, 0.1) is 18.1 Å². The molecule has 0 aliphatic rings. The zero-order chi connectivity index (χ0) is 19.3. The Morgan fingerprint density at radius 1 is 1.00 bits per heavy atom. The van der Waals surface area contributed by atoms with Crippen molar-refractivity contribution in [3.63, 3.8) is 0 Å². The summed E-state index contributed by atoms with van der Waals surface area (Å²) in [5.41, 5.74) is 1.86. The van der Waals surface area contributed by atoms with Crippen LogP contribution >= 0.6 is 11.8 Å². The van der Waals surface area contributed by atoms with E-state index in [4.69, 9.17) is 4.42 Å². The van der Waals surface area contributed by atoms with Gasteiger partial charge < -0.3 is 9.73 Å². The first-order chi connectivity index (χ1) is 13.7. The van der Waals surface area contributed by atoms with Gasteiger partial charge in [-0.3, -0.25) is 4.79 Å². The number of amides is 1. The molecule has 28 heavy (non-hydrogen) atoms. The maximum Gasteiger partial charge on any atom is 0.233 e. The molecule has 0 saturated carbocycles. The lowest BCUT2D eigenvalue weighted by atomic mass is 10.1. The highest BCUT2D eigenvalue weighted by Gasteiger charge is 2.18. The van der Waals surface area contributed by atoms with Crippen LogP contribution in [0.4, 0.5) is 0 Å². The minimum absolute atomic E-state index is 0.0700. The summed E-state index contributed by atoms with van der Waals surface area (Å²) >= 11 is 1.41. The number of aromatic nitrogens is 2. The molecule has 1 amide bonds. The third-order valence-electron chi connectivity index (χ3n) is 4.38. The summed E-state index contributed by atoms with van der Waals surface area (Å²) in [5.74, 6) is 0.655. The van der Waals surface area contributed by atoms with Crippen molar-refractivity contribution in [1.82, 2.24) is 15.5 Å². The smallest absolute Gasteiger partial charge is 0.233 e. The Morgan fingerprint density at radius 2 is 1.75 bits per heavy atom. The van der Waals surface area contributed by atoms with E-state index in [1.807, 2.05) is 67.6 Å². The first-order valence-corrected chi connectivity index (χ1v) is 9.88. The molecule has 4 aromatic rings. The van der Waals surface area contributed by atoms with Crippen molar-refractivity contribution in [3.8, 4) is 11.3 Å². The van der Waals surface area contributed by atoms with E-state index in [0.29, 0.717) is 6.54 Å². The quantitative estimate of drug-likeness (QED) is 0.485. The molecule has 140 valence electrons. The fraction of sp³-hybridized carbons (Fsp3) is 0.136. The van der Waals surface area contributed by atoms with Gasteiger partial charge in [0, 0.05) is 16.3 Å². The number of furan rings is 1. The number of hydrogen-bond acceptors (Lipinski definition) is 5. The lowest BCUT2D eigenvalue weighted by Gasteiger charge is -2.13. The molecule has 0 fully saturated rings. The van der Waals surface area contributed by atoms with Crippen molar-refractivity contribution < 1.29 is 9.21 Å². The summed E-state index contributed by atoms with van der Waals surface area (Å²) in [5, 5.41) is 14.2. The van der Waals surface area contributed by atoms with Crippen LogP contribution in [0.1, 0.15) is 12.7 Å². The molecule has 1 N–H and O–H groups in total. The number of benzene rings is 2. The largest absolute Gasteiger partial charge is 0.467 e. The summed E-state index contributed by atoms with van der Waals surface area (Å²) in [6.45, 7) is 2.24. The fourth-order valence-electron chi connectivity index (χ4n) is 2.93. The predicted molar refractivity (Wildman–Crippen MR) is 111 cm³/mol. The lowest BCUT2D eigenvalue weighted by molar-refractivity contribution is -0.120. The van der Waals surface area contributed by atoms with Gasteiger partial charge in [0.15, 0.2) is 0 Å². The van der Waals surface area contributed by atoms with Crippen molar-refractivity contribution in [2.45, 2.75) is 23.7 Å². The molecule has 2 heterocycles. The highest BCUT2D eigenvalue weighted by Crippen LogP contribution is 2.33. The van der Waals surface area contributed by atoms with Crippen LogP contribution in [-0.4, -0.2) is 21.4 Å². The number of nitrogens with zero attached hydrogens (tertiary/aromatic N) is 2. The van der Waals surface area contributed by atoms with Gasteiger partial charge in [-0.2, -0.15) is 0 Å². The normalized spacial score (nSPS) is 12.0. The Balaban J connectivity index is 1.56. The van der Waals surface area contributed by atoms with E-state index >= 15 is 0 Å². The van der Waals surface area contributed by atoms with Crippen molar-refractivity contribution in [2.75, 3.05) is 0 Å². The van der Waals surface area contributed by atoms with Crippen molar-refractivity contribution in [3.05, 3.63) is 78.8 Å². The molecule has 2 aromatic carbocycles. The second-order valence-corrected chi connectivity index (χ2v) is 7.65. The van der Waals surface area contributed by atoms with E-state index in [1.165, 1.54) is 11.8 Å². The Bertz CT molecular complexity index is 1080. The van der Waals surface area contributed by atoms with Crippen LogP contribution in [0.2, 0.25) is 0 Å². The third-order valence-corrected chi connectivity index (χ3v) is 5.47. The number of carbonyl (C=O) groups excluding carboxylic acids is 1. The Hall–Kier alpha value is -3.12. The Morgan fingerprint density at radius 3 is 2.50 bits per heavy atom. The van der Waals surface area contributed by atoms with Crippen LogP contribution in [0.15, 0.2) is 82.4 Å². The second-order valence-electron chi connectivity index (χ2n) is 6.32. The number of hydrogen-bond donors (Lipinski definition) is 1. The molecular weight excluding hydrogens is 370 g/mol. The Kier molecular flexibility index (Phi) is 5.39. The third kappa shape index (κ3) is 3.92. The molecule has 0 saturated heterocycles. The molecule has 6 heteroatoms. The molecule has 2 aromatic heterocycles. The van der Waals surface area contributed by atoms with Gasteiger partial charge in [0.1, 0.15) is 16.5 Å². The highest BCUT2D eigenvalue weighted by molar-refractivity contribution is 8.00. The number of nitrogens with one attached hydrogen (secondary N) is 1. The molecule has 0 aliphatic heterocycles. The molecular formula is C22H19N3O2S. The number of fused-ring (bicyclic) bond motifs is 1. The maximum atomic E-state index is 12.4. The van der Waals surface area contributed by atoms with Gasteiger partial charge in [-0.1, -0.05) is 66.4 Å². The van der Waals surface area contributed by atoms with Gasteiger partial charge in [-0.25, -0.2) is 0 Å². The zero-order valence-corrected chi connectivity index (χ0v) is 16.1. The van der Waals surface area contributed by atoms with Crippen LogP contribution < -0.4 is 5.32 Å². The van der Waals surface area contributed by atoms with Gasteiger partial charge in [-0.05, 0) is 19.1 Å². The topological polar surface area (TPSA) is 68.0 Å². The van der Waals surface area contributed by atoms with E-state index in [2.05, 4.69) is 15.5 Å². The first kappa shape index (κ1) is 18.3. The van der Waals surface area contributed by atoms with Crippen LogP contribution in [0.25, 0.3) is 22.0 Å². The van der Waals surface area contributed by atoms with Gasteiger partial charge in [-0.15, -0.1) is 10.2 Å². The van der Waals surface area contributed by atoms with Gasteiger partial charge in [0.25, 0.3) is 0 Å². The molecule has 0 aliphatic carbocycles. The summed E-state index contributed by atoms with van der Waals surface area (Å²) in [4.78, 5) is 12.4. The predicted octanol–water partition coefficient (Wildman–Crippen LogP) is 4.69. The fourth-order valence-corrected chi connectivity index (χ4v) is 3.85. The van der Waals surface area contributed by atoms with Crippen molar-refractivity contribution >= 4 is 28.4 Å². The van der Waals surface area contributed by atoms with E-state index < -0.39 is 0 Å². The van der Waals surface area contributed by atoms with Gasteiger partial charge >= 0.3 is 0 Å². The minimum atomic E-state index is -0.310. The molecule has 5 nitrogen and oxygen atoms in total. The first-order valence-electron chi connectivity index (χ1n) is 9.00. The summed E-state index contributed by atoms with van der Waals surface area (Å²) in [6, 6.07) is 21.7. The average molecular weight is 389 g/mol. The number of thioether (sulfide) groups is 1. The molecule has 0 radical (unpaired) electrons. The number of carbonyl (C=O) groups is 1. The van der Waals surface area contributed by atoms with E-state index in [-0.39, 0.29) is 11.2 Å². The average Bonchev–Trinajstić information content (AvgIpc) is 3.26. The summed E-state index contributed by atoms with van der Waals surface area (Å²) < 4.78 is 5.25. The van der Waals surface area contributed by atoms with Crippen LogP contribution in [-0.2, 0) is 11.3 Å². The summed E-state index contributed by atoms with van der Waals surface area (Å²) in [6.07, 6.45) is 1.59. The van der Waals surface area contributed by atoms with Crippen molar-refractivity contribution in [2.24, 2.45) is 0 Å². The van der Waals surface area contributed by atoms with Gasteiger partial charge in [0.2, 0.25) is 5.91 Å². The van der Waals surface area contributed by atoms with E-state index in [1.54, 1.807) is 12.3 Å². The van der Waals surface area contributed by atoms with Crippen LogP contribution in [0, 0.1) is 0 Å². The van der Waals surface area contributed by atoms with Crippen LogP contribution in [0.3, 0.4) is 0 Å². The lowest BCUT2D eigenvalue weighted by Crippen LogP contribution is -2.30. The Labute approximate surface area is 167 Å². The summed E-state index contributed by atoms with van der Waals surface area (Å²) in [7, 11) is 0. The molecule has 4 rings (SSSR count). The molecule has 0 spiro atoms. The highest BCUT2D eigenvalue weighted by atomic mass is 32.2. The zero-order valence-electron chi connectivity index (χ0n) is 15.3. The van der Waals surface area contributed by atoms with Crippen molar-refractivity contribution in [1.29, 1.82) is 0 Å². The maximum absolute atomic E-state index is 12.4. The minimum Gasteiger partial charge on any atom is -0.467 e. The SMILES string of the molecule is C[C@@H](Sc1nnc(-c2ccccc2)c2ccccc12)C(=O)NCc1ccco1. The molecule has 0 bridgehead atoms. The monoisotopic (exact) mass is 389 g/mol. The number of rotatable bonds is 6. The van der Waals surface area contributed by atoms with E-state index in [9.17, 15) is 4.79 Å². The molecule has 0 unspecified atom stereocenters. The standard InChI is InChI=1S/C22H19N3O2S/c1-15(21(26)23-14-17-10-7-13-27-17)28-22-19-12-6-5-11-18(19)20(24-25-22)16-8-3-2-4-9-16/h2-13,15H,14H2,1H3,(H,23,26)/t15-/m1/s1. The second kappa shape index (κ2) is 8.27. The molecule has 1 atom stereocenters. The van der Waals surface area contributed by atoms with E-state index in [0.717, 1.165) is 32.8 Å².